The summed E-state index contributed by atoms with van der Waals surface area (Å²) < 4.78 is 2.54. The Kier molecular flexibility index (Phi) is 7.96. The molecule has 0 radical (unpaired) electrons. The summed E-state index contributed by atoms with van der Waals surface area (Å²) in [7, 11) is 0. The number of pyridine rings is 1. The fraction of sp³-hybridized carbons (Fsp3) is 0.444. The predicted octanol–water partition coefficient (Wildman–Crippen LogP) is 4.59. The Labute approximate surface area is 158 Å². The van der Waals surface area contributed by atoms with Crippen LogP contribution < -0.4 is 5.73 Å². The molecule has 0 unspecified atom stereocenters. The van der Waals surface area contributed by atoms with Gasteiger partial charge >= 0.3 is 0 Å². The molecule has 25 heavy (non-hydrogen) atoms. The van der Waals surface area contributed by atoms with Gasteiger partial charge in [-0.25, -0.2) is 9.97 Å². The summed E-state index contributed by atoms with van der Waals surface area (Å²) in [4.78, 5) is 17.2. The van der Waals surface area contributed by atoms with Crippen molar-refractivity contribution >= 4 is 33.0 Å². The van der Waals surface area contributed by atoms with Crippen molar-refractivity contribution in [2.45, 2.75) is 55.0 Å². The van der Waals surface area contributed by atoms with E-state index in [1.54, 1.807) is 6.33 Å². The van der Waals surface area contributed by atoms with Gasteiger partial charge in [0.25, 0.3) is 0 Å². The number of aryl methyl sites for hydroxylation is 1. The lowest BCUT2D eigenvalue weighted by Crippen LogP contribution is -2.06. The zero-order valence-corrected chi connectivity index (χ0v) is 17.6. The Morgan fingerprint density at radius 2 is 1.64 bits per heavy atom. The molecule has 0 spiro atoms. The van der Waals surface area contributed by atoms with Crippen molar-refractivity contribution in [2.24, 2.45) is 0 Å². The number of nitrogens with zero attached hydrogens (tertiary/aromatic N) is 5. The second-order valence-corrected chi connectivity index (χ2v) is 5.81. The zero-order valence-electron chi connectivity index (χ0n) is 16.1. The lowest BCUT2D eigenvalue weighted by Gasteiger charge is -2.11. The number of hydrogen-bond acceptors (Lipinski definition) is 5. The van der Waals surface area contributed by atoms with E-state index in [4.69, 9.17) is 5.73 Å². The molecule has 7 heteroatoms. The number of fused-ring (bicyclic) bond motifs is 1. The molecule has 2 N–H and O–H groups in total. The van der Waals surface area contributed by atoms with Crippen LogP contribution in [0.25, 0.3) is 11.2 Å². The van der Waals surface area contributed by atoms with Crippen molar-refractivity contribution in [1.29, 1.82) is 0 Å². The van der Waals surface area contributed by atoms with Crippen LogP contribution in [0.3, 0.4) is 0 Å². The summed E-state index contributed by atoms with van der Waals surface area (Å²) in [5, 5.41) is 0. The Morgan fingerprint density at radius 1 is 1.00 bits per heavy atom. The van der Waals surface area contributed by atoms with Crippen LogP contribution in [0.1, 0.15) is 50.1 Å². The summed E-state index contributed by atoms with van der Waals surface area (Å²) >= 11 is 3.36. The van der Waals surface area contributed by atoms with E-state index in [1.165, 1.54) is 16.7 Å². The molecular weight excluding hydrogens is 380 g/mol. The number of hydrogen-bond donors (Lipinski definition) is 1. The summed E-state index contributed by atoms with van der Waals surface area (Å²) in [5.41, 5.74) is 11.8. The fourth-order valence-corrected chi connectivity index (χ4v) is 2.70. The first kappa shape index (κ1) is 21.0. The summed E-state index contributed by atoms with van der Waals surface area (Å²) in [6.07, 6.45) is 3.63. The highest BCUT2D eigenvalue weighted by Crippen LogP contribution is 2.22. The quantitative estimate of drug-likeness (QED) is 0.628. The van der Waals surface area contributed by atoms with Crippen molar-refractivity contribution in [3.8, 4) is 0 Å². The number of anilines is 1. The SMILES string of the molecule is CC.CC.Cc1cnc(Cn2cnc3c(Br)nc(N)nc32)c(C)c1C. The maximum atomic E-state index is 5.71. The van der Waals surface area contributed by atoms with Gasteiger partial charge in [-0.2, -0.15) is 4.98 Å². The van der Waals surface area contributed by atoms with Gasteiger partial charge in [0, 0.05) is 6.20 Å². The topological polar surface area (TPSA) is 82.5 Å². The molecule has 3 rings (SSSR count). The molecule has 3 heterocycles. The van der Waals surface area contributed by atoms with Crippen LogP contribution in [-0.4, -0.2) is 24.5 Å². The van der Waals surface area contributed by atoms with Gasteiger partial charge < -0.3 is 10.3 Å². The van der Waals surface area contributed by atoms with Crippen LogP contribution in [0.5, 0.6) is 0 Å². The fourth-order valence-electron chi connectivity index (χ4n) is 2.24. The smallest absolute Gasteiger partial charge is 0.223 e. The number of nitrogens with two attached hydrogens (primary N) is 1. The van der Waals surface area contributed by atoms with E-state index in [0.29, 0.717) is 22.3 Å². The molecule has 3 aromatic rings. The molecule has 0 saturated heterocycles. The van der Waals surface area contributed by atoms with E-state index in [9.17, 15) is 0 Å². The van der Waals surface area contributed by atoms with Crippen molar-refractivity contribution < 1.29 is 0 Å². The van der Waals surface area contributed by atoms with E-state index >= 15 is 0 Å². The molecule has 0 saturated carbocycles. The third-order valence-electron chi connectivity index (χ3n) is 3.76. The highest BCUT2D eigenvalue weighted by molar-refractivity contribution is 9.10. The van der Waals surface area contributed by atoms with Crippen LogP contribution in [0.2, 0.25) is 0 Å². The van der Waals surface area contributed by atoms with E-state index in [0.717, 1.165) is 5.69 Å². The molecule has 0 fully saturated rings. The highest BCUT2D eigenvalue weighted by Gasteiger charge is 2.12. The molecule has 0 aliphatic carbocycles. The molecule has 0 amide bonds. The number of aromatic nitrogens is 5. The summed E-state index contributed by atoms with van der Waals surface area (Å²) in [6, 6.07) is 0. The lowest BCUT2D eigenvalue weighted by molar-refractivity contribution is 0.778. The van der Waals surface area contributed by atoms with Crippen molar-refractivity contribution in [1.82, 2.24) is 24.5 Å². The molecule has 0 atom stereocenters. The third kappa shape index (κ3) is 4.54. The Hall–Kier alpha value is -2.02. The van der Waals surface area contributed by atoms with Gasteiger partial charge in [-0.1, -0.05) is 27.7 Å². The van der Waals surface area contributed by atoms with Crippen LogP contribution in [0.15, 0.2) is 17.1 Å². The average Bonchev–Trinajstić information content (AvgIpc) is 3.02. The molecule has 136 valence electrons. The van der Waals surface area contributed by atoms with E-state index in [2.05, 4.69) is 56.6 Å². The number of rotatable bonds is 2. The lowest BCUT2D eigenvalue weighted by atomic mass is 10.0. The molecule has 6 nitrogen and oxygen atoms in total. The van der Waals surface area contributed by atoms with Crippen molar-refractivity contribution in [3.63, 3.8) is 0 Å². The molecule has 0 aromatic carbocycles. The predicted molar refractivity (Wildman–Crippen MR) is 108 cm³/mol. The van der Waals surface area contributed by atoms with Crippen LogP contribution >= 0.6 is 15.9 Å². The number of imidazole rings is 1. The molecular formula is C18H27BrN6. The first-order valence-corrected chi connectivity index (χ1v) is 9.32. The van der Waals surface area contributed by atoms with Gasteiger partial charge in [0.15, 0.2) is 5.65 Å². The zero-order chi connectivity index (χ0) is 19.1. The van der Waals surface area contributed by atoms with Gasteiger partial charge in [-0.15, -0.1) is 0 Å². The van der Waals surface area contributed by atoms with E-state index in [-0.39, 0.29) is 5.95 Å². The van der Waals surface area contributed by atoms with Crippen LogP contribution in [0.4, 0.5) is 5.95 Å². The Balaban J connectivity index is 0.000000730. The molecule has 0 aliphatic rings. The van der Waals surface area contributed by atoms with E-state index < -0.39 is 0 Å². The van der Waals surface area contributed by atoms with Gasteiger partial charge in [0.2, 0.25) is 5.95 Å². The summed E-state index contributed by atoms with van der Waals surface area (Å²) in [6.45, 7) is 14.9. The molecule has 0 bridgehead atoms. The average molecular weight is 407 g/mol. The van der Waals surface area contributed by atoms with Gasteiger partial charge in [0.05, 0.1) is 18.6 Å². The van der Waals surface area contributed by atoms with Gasteiger partial charge in [0.1, 0.15) is 10.1 Å². The maximum Gasteiger partial charge on any atom is 0.223 e. The van der Waals surface area contributed by atoms with Crippen molar-refractivity contribution in [3.05, 3.63) is 39.5 Å². The minimum atomic E-state index is 0.223. The minimum Gasteiger partial charge on any atom is -0.368 e. The van der Waals surface area contributed by atoms with Crippen LogP contribution in [-0.2, 0) is 6.54 Å². The second kappa shape index (κ2) is 9.46. The second-order valence-electron chi connectivity index (χ2n) is 5.06. The van der Waals surface area contributed by atoms with Crippen LogP contribution in [0, 0.1) is 20.8 Å². The number of nitrogen functional groups attached to an aromatic ring is 1. The number of halogens is 1. The first-order valence-electron chi connectivity index (χ1n) is 8.53. The standard InChI is InChI=1S/C14H15BrN6.2C2H6/c1-7-4-17-10(9(3)8(7)2)5-21-6-18-11-12(15)19-14(16)20-13(11)21;2*1-2/h4,6H,5H2,1-3H3,(H2,16,19,20);2*1-2H3. The normalized spacial score (nSPS) is 9.92. The van der Waals surface area contributed by atoms with Crippen molar-refractivity contribution in [2.75, 3.05) is 5.73 Å². The molecule has 3 aromatic heterocycles. The highest BCUT2D eigenvalue weighted by atomic mass is 79.9. The van der Waals surface area contributed by atoms with Gasteiger partial charge in [-0.3, -0.25) is 4.98 Å². The summed E-state index contributed by atoms with van der Waals surface area (Å²) in [5.74, 6) is 0.223. The minimum absolute atomic E-state index is 0.223. The largest absolute Gasteiger partial charge is 0.368 e. The monoisotopic (exact) mass is 406 g/mol. The third-order valence-corrected chi connectivity index (χ3v) is 4.31. The first-order chi connectivity index (χ1) is 12.0. The van der Waals surface area contributed by atoms with Gasteiger partial charge in [-0.05, 0) is 53.4 Å². The Morgan fingerprint density at radius 3 is 2.28 bits per heavy atom. The maximum absolute atomic E-state index is 5.71. The molecule has 0 aliphatic heterocycles. The Bertz CT molecular complexity index is 841. The van der Waals surface area contributed by atoms with E-state index in [1.807, 2.05) is 38.5 Å².